The summed E-state index contributed by atoms with van der Waals surface area (Å²) in [4.78, 5) is 14.1. The zero-order chi connectivity index (χ0) is 13.1. The summed E-state index contributed by atoms with van der Waals surface area (Å²) in [5, 5.41) is 9.50. The van der Waals surface area contributed by atoms with E-state index in [1.165, 1.54) is 7.11 Å². The first-order valence-electron chi connectivity index (χ1n) is 5.90. The van der Waals surface area contributed by atoms with Crippen LogP contribution in [0.1, 0.15) is 16.8 Å². The van der Waals surface area contributed by atoms with Crippen molar-refractivity contribution in [1.82, 2.24) is 4.90 Å². The predicted molar refractivity (Wildman–Crippen MR) is 69.1 cm³/mol. The van der Waals surface area contributed by atoms with Crippen LogP contribution in [0.2, 0.25) is 5.02 Å². The van der Waals surface area contributed by atoms with Gasteiger partial charge in [0.05, 0.1) is 12.1 Å². The molecule has 0 spiro atoms. The lowest BCUT2D eigenvalue weighted by molar-refractivity contribution is 0.0778. The van der Waals surface area contributed by atoms with Crippen LogP contribution in [-0.4, -0.2) is 42.7 Å². The third-order valence-corrected chi connectivity index (χ3v) is 3.56. The van der Waals surface area contributed by atoms with Crippen molar-refractivity contribution >= 4 is 17.5 Å². The molecule has 1 aromatic carbocycles. The summed E-state index contributed by atoms with van der Waals surface area (Å²) in [6.07, 6.45) is 0.828. The Balaban J connectivity index is 2.24. The number of carbonyl (C=O) groups is 1. The molecule has 0 aromatic heterocycles. The molecule has 1 atom stereocenters. The van der Waals surface area contributed by atoms with E-state index in [0.29, 0.717) is 29.4 Å². The van der Waals surface area contributed by atoms with Crippen LogP contribution < -0.4 is 4.74 Å². The molecule has 0 saturated carbocycles. The fraction of sp³-hybridized carbons (Fsp3) is 0.462. The molecule has 1 aliphatic heterocycles. The molecule has 0 radical (unpaired) electrons. The SMILES string of the molecule is COc1cccc(Cl)c1C(=O)N1CCC(CO)C1. The molecular formula is C13H16ClNO3. The van der Waals surface area contributed by atoms with Crippen molar-refractivity contribution in [1.29, 1.82) is 0 Å². The van der Waals surface area contributed by atoms with Crippen molar-refractivity contribution in [3.63, 3.8) is 0 Å². The Morgan fingerprint density at radius 1 is 1.61 bits per heavy atom. The van der Waals surface area contributed by atoms with Gasteiger partial charge in [0.1, 0.15) is 11.3 Å². The van der Waals surface area contributed by atoms with E-state index in [1.807, 2.05) is 0 Å². The Hall–Kier alpha value is -1.26. The molecule has 1 unspecified atom stereocenters. The lowest BCUT2D eigenvalue weighted by Gasteiger charge is -2.18. The second-order valence-corrected chi connectivity index (χ2v) is 4.81. The number of carbonyl (C=O) groups excluding carboxylic acids is 1. The number of hydrogen-bond acceptors (Lipinski definition) is 3. The van der Waals surface area contributed by atoms with Gasteiger partial charge in [-0.15, -0.1) is 0 Å². The average Bonchev–Trinajstić information content (AvgIpc) is 2.86. The number of amides is 1. The van der Waals surface area contributed by atoms with E-state index < -0.39 is 0 Å². The van der Waals surface area contributed by atoms with E-state index in [1.54, 1.807) is 23.1 Å². The zero-order valence-corrected chi connectivity index (χ0v) is 11.0. The Morgan fingerprint density at radius 2 is 2.39 bits per heavy atom. The third-order valence-electron chi connectivity index (χ3n) is 3.24. The Kier molecular flexibility index (Phi) is 4.09. The lowest BCUT2D eigenvalue weighted by Crippen LogP contribution is -2.29. The number of ether oxygens (including phenoxy) is 1. The quantitative estimate of drug-likeness (QED) is 0.910. The van der Waals surface area contributed by atoms with Crippen molar-refractivity contribution in [3.05, 3.63) is 28.8 Å². The summed E-state index contributed by atoms with van der Waals surface area (Å²) in [5.74, 6) is 0.524. The van der Waals surface area contributed by atoms with Crippen molar-refractivity contribution in [2.24, 2.45) is 5.92 Å². The maximum absolute atomic E-state index is 12.4. The van der Waals surface area contributed by atoms with Gasteiger partial charge in [0, 0.05) is 25.6 Å². The third kappa shape index (κ3) is 2.44. The van der Waals surface area contributed by atoms with Crippen LogP contribution in [0.4, 0.5) is 0 Å². The highest BCUT2D eigenvalue weighted by molar-refractivity contribution is 6.34. The van der Waals surface area contributed by atoms with Gasteiger partial charge in [-0.25, -0.2) is 0 Å². The number of methoxy groups -OCH3 is 1. The summed E-state index contributed by atoms with van der Waals surface area (Å²) in [7, 11) is 1.52. The minimum atomic E-state index is -0.131. The number of hydrogen-bond donors (Lipinski definition) is 1. The van der Waals surface area contributed by atoms with Gasteiger partial charge in [0.2, 0.25) is 0 Å². The molecule has 1 aromatic rings. The van der Waals surface area contributed by atoms with Gasteiger partial charge in [-0.1, -0.05) is 17.7 Å². The van der Waals surface area contributed by atoms with Gasteiger partial charge in [-0.2, -0.15) is 0 Å². The smallest absolute Gasteiger partial charge is 0.259 e. The van der Waals surface area contributed by atoms with Crippen LogP contribution in [0.5, 0.6) is 5.75 Å². The molecule has 5 heteroatoms. The molecule has 1 aliphatic rings. The van der Waals surface area contributed by atoms with Gasteiger partial charge < -0.3 is 14.7 Å². The molecule has 0 aliphatic carbocycles. The number of aliphatic hydroxyl groups is 1. The number of rotatable bonds is 3. The molecular weight excluding hydrogens is 254 g/mol. The maximum atomic E-state index is 12.4. The first-order chi connectivity index (χ1) is 8.67. The van der Waals surface area contributed by atoms with Crippen LogP contribution >= 0.6 is 11.6 Å². The molecule has 18 heavy (non-hydrogen) atoms. The summed E-state index contributed by atoms with van der Waals surface area (Å²) in [6.45, 7) is 1.34. The molecule has 4 nitrogen and oxygen atoms in total. The minimum Gasteiger partial charge on any atom is -0.496 e. The summed E-state index contributed by atoms with van der Waals surface area (Å²) >= 11 is 6.07. The highest BCUT2D eigenvalue weighted by Gasteiger charge is 2.29. The zero-order valence-electron chi connectivity index (χ0n) is 10.2. The Morgan fingerprint density at radius 3 is 3.00 bits per heavy atom. The van der Waals surface area contributed by atoms with Gasteiger partial charge >= 0.3 is 0 Å². The normalized spacial score (nSPS) is 19.1. The van der Waals surface area contributed by atoms with Crippen molar-refractivity contribution in [2.75, 3.05) is 26.8 Å². The van der Waals surface area contributed by atoms with Crippen LogP contribution in [0.15, 0.2) is 18.2 Å². The van der Waals surface area contributed by atoms with Gasteiger partial charge in [0.15, 0.2) is 0 Å². The Bertz CT molecular complexity index is 450. The van der Waals surface area contributed by atoms with E-state index >= 15 is 0 Å². The predicted octanol–water partition coefficient (Wildman–Crippen LogP) is 1.80. The fourth-order valence-electron chi connectivity index (χ4n) is 2.21. The van der Waals surface area contributed by atoms with Gasteiger partial charge in [-0.3, -0.25) is 4.79 Å². The highest BCUT2D eigenvalue weighted by atomic mass is 35.5. The van der Waals surface area contributed by atoms with Crippen LogP contribution in [0.3, 0.4) is 0 Å². The molecule has 2 rings (SSSR count). The number of aliphatic hydroxyl groups excluding tert-OH is 1. The van der Waals surface area contributed by atoms with E-state index in [0.717, 1.165) is 6.42 Å². The number of nitrogens with zero attached hydrogens (tertiary/aromatic N) is 1. The minimum absolute atomic E-state index is 0.115. The fourth-order valence-corrected chi connectivity index (χ4v) is 2.45. The summed E-state index contributed by atoms with van der Waals surface area (Å²) in [5.41, 5.74) is 0.403. The average molecular weight is 270 g/mol. The molecule has 1 saturated heterocycles. The van der Waals surface area contributed by atoms with Gasteiger partial charge in [-0.05, 0) is 18.6 Å². The number of halogens is 1. The topological polar surface area (TPSA) is 49.8 Å². The second-order valence-electron chi connectivity index (χ2n) is 4.41. The molecule has 1 fully saturated rings. The lowest BCUT2D eigenvalue weighted by atomic mass is 10.1. The second kappa shape index (κ2) is 5.59. The van der Waals surface area contributed by atoms with E-state index in [9.17, 15) is 4.79 Å². The monoisotopic (exact) mass is 269 g/mol. The molecule has 0 bridgehead atoms. The highest BCUT2D eigenvalue weighted by Crippen LogP contribution is 2.29. The number of likely N-dealkylation sites (tertiary alicyclic amines) is 1. The Labute approximate surface area is 111 Å². The summed E-state index contributed by atoms with van der Waals surface area (Å²) < 4.78 is 5.18. The van der Waals surface area contributed by atoms with Gasteiger partial charge in [0.25, 0.3) is 5.91 Å². The van der Waals surface area contributed by atoms with Crippen molar-refractivity contribution < 1.29 is 14.6 Å². The molecule has 1 N–H and O–H groups in total. The number of benzene rings is 1. The first-order valence-corrected chi connectivity index (χ1v) is 6.27. The van der Waals surface area contributed by atoms with E-state index in [4.69, 9.17) is 21.4 Å². The first kappa shape index (κ1) is 13.2. The van der Waals surface area contributed by atoms with Crippen LogP contribution in [-0.2, 0) is 0 Å². The molecule has 98 valence electrons. The van der Waals surface area contributed by atoms with E-state index in [2.05, 4.69) is 0 Å². The van der Waals surface area contributed by atoms with Crippen molar-refractivity contribution in [2.45, 2.75) is 6.42 Å². The summed E-state index contributed by atoms with van der Waals surface area (Å²) in [6, 6.07) is 5.15. The van der Waals surface area contributed by atoms with Crippen LogP contribution in [0.25, 0.3) is 0 Å². The van der Waals surface area contributed by atoms with Crippen LogP contribution in [0, 0.1) is 5.92 Å². The maximum Gasteiger partial charge on any atom is 0.259 e. The molecule has 1 heterocycles. The van der Waals surface area contributed by atoms with E-state index in [-0.39, 0.29) is 18.4 Å². The van der Waals surface area contributed by atoms with Crippen molar-refractivity contribution in [3.8, 4) is 5.75 Å². The molecule has 1 amide bonds. The standard InChI is InChI=1S/C13H16ClNO3/c1-18-11-4-2-3-10(14)12(11)13(17)15-6-5-9(7-15)8-16/h2-4,9,16H,5-8H2,1H3. The largest absolute Gasteiger partial charge is 0.496 e.